The van der Waals surface area contributed by atoms with Gasteiger partial charge in [-0.15, -0.1) is 0 Å². The van der Waals surface area contributed by atoms with Gasteiger partial charge in [0.2, 0.25) is 0 Å². The van der Waals surface area contributed by atoms with Crippen LogP contribution in [0, 0.1) is 0 Å². The van der Waals surface area contributed by atoms with Crippen molar-refractivity contribution < 1.29 is 24.1 Å². The average molecular weight is 375 g/mol. The van der Waals surface area contributed by atoms with Crippen LogP contribution in [-0.4, -0.2) is 46.1 Å². The van der Waals surface area contributed by atoms with Crippen LogP contribution in [0.4, 0.5) is 5.69 Å². The fourth-order valence-corrected chi connectivity index (χ4v) is 2.48. The molecule has 0 spiro atoms. The zero-order valence-corrected chi connectivity index (χ0v) is 15.9. The predicted octanol–water partition coefficient (Wildman–Crippen LogP) is 2.18. The largest absolute Gasteiger partial charge is 0.497 e. The molecule has 2 aromatic carbocycles. The maximum atomic E-state index is 10.5. The van der Waals surface area contributed by atoms with E-state index in [1.165, 1.54) is 7.11 Å². The molecular formula is C19H25N3O5. The van der Waals surface area contributed by atoms with Gasteiger partial charge >= 0.3 is 0 Å². The number of aliphatic imine (C=N–C) groups is 1. The quantitative estimate of drug-likeness (QED) is 0.479. The lowest BCUT2D eigenvalue weighted by Gasteiger charge is -2.15. The van der Waals surface area contributed by atoms with Gasteiger partial charge in [0.25, 0.3) is 0 Å². The number of guanidine groups is 1. The molecule has 0 saturated heterocycles. The van der Waals surface area contributed by atoms with Gasteiger partial charge < -0.3 is 35.1 Å². The van der Waals surface area contributed by atoms with Gasteiger partial charge in [0.05, 0.1) is 35.0 Å². The Balaban J connectivity index is 2.09. The molecule has 0 saturated carbocycles. The fourth-order valence-electron chi connectivity index (χ4n) is 2.48. The second kappa shape index (κ2) is 9.54. The lowest BCUT2D eigenvalue weighted by Crippen LogP contribution is -2.23. The zero-order chi connectivity index (χ0) is 19.8. The van der Waals surface area contributed by atoms with Crippen molar-refractivity contribution in [2.45, 2.75) is 6.10 Å². The molecule has 1 atom stereocenters. The minimum atomic E-state index is -0.902. The lowest BCUT2D eigenvalue weighted by atomic mass is 10.1. The summed E-state index contributed by atoms with van der Waals surface area (Å²) in [5.41, 5.74) is 7.17. The monoisotopic (exact) mass is 375 g/mol. The molecular weight excluding hydrogens is 350 g/mol. The van der Waals surface area contributed by atoms with E-state index in [1.807, 2.05) is 0 Å². The van der Waals surface area contributed by atoms with Crippen LogP contribution in [0.15, 0.2) is 41.4 Å². The van der Waals surface area contributed by atoms with Gasteiger partial charge in [-0.3, -0.25) is 4.99 Å². The van der Waals surface area contributed by atoms with Crippen LogP contribution in [0.25, 0.3) is 0 Å². The normalized spacial score (nSPS) is 12.3. The molecule has 0 heterocycles. The van der Waals surface area contributed by atoms with Gasteiger partial charge in [-0.2, -0.15) is 0 Å². The SMILES string of the molecule is COc1ccc(OC)c(C(O)CN=C(N)Nc2ccc(OC)c(OC)c2)c1. The van der Waals surface area contributed by atoms with Crippen LogP contribution in [0.2, 0.25) is 0 Å². The number of hydrogen-bond donors (Lipinski definition) is 3. The van der Waals surface area contributed by atoms with Gasteiger partial charge in [0.1, 0.15) is 17.6 Å². The molecule has 0 fully saturated rings. The lowest BCUT2D eigenvalue weighted by molar-refractivity contribution is 0.182. The first kappa shape index (κ1) is 20.2. The fraction of sp³-hybridized carbons (Fsp3) is 0.316. The number of anilines is 1. The molecule has 8 nitrogen and oxygen atoms in total. The Morgan fingerprint density at radius 2 is 1.63 bits per heavy atom. The maximum absolute atomic E-state index is 10.5. The molecule has 2 aromatic rings. The van der Waals surface area contributed by atoms with Gasteiger partial charge in [0.15, 0.2) is 17.5 Å². The van der Waals surface area contributed by atoms with Gasteiger partial charge in [-0.25, -0.2) is 0 Å². The molecule has 0 amide bonds. The van der Waals surface area contributed by atoms with Gasteiger partial charge in [0, 0.05) is 17.3 Å². The summed E-state index contributed by atoms with van der Waals surface area (Å²) in [5, 5.41) is 13.4. The van der Waals surface area contributed by atoms with Crippen LogP contribution >= 0.6 is 0 Å². The maximum Gasteiger partial charge on any atom is 0.193 e. The summed E-state index contributed by atoms with van der Waals surface area (Å²) in [5.74, 6) is 2.49. The van der Waals surface area contributed by atoms with E-state index in [9.17, 15) is 5.11 Å². The molecule has 0 aliphatic rings. The van der Waals surface area contributed by atoms with Crippen molar-refractivity contribution in [3.05, 3.63) is 42.0 Å². The molecule has 0 radical (unpaired) electrons. The number of nitrogens with two attached hydrogens (primary N) is 1. The molecule has 0 aliphatic carbocycles. The minimum absolute atomic E-state index is 0.0512. The third-order valence-corrected chi connectivity index (χ3v) is 3.89. The first-order chi connectivity index (χ1) is 13.0. The summed E-state index contributed by atoms with van der Waals surface area (Å²) in [6.45, 7) is 0.0512. The molecule has 1 unspecified atom stereocenters. The molecule has 8 heteroatoms. The predicted molar refractivity (Wildman–Crippen MR) is 104 cm³/mol. The van der Waals surface area contributed by atoms with Crippen LogP contribution in [0.1, 0.15) is 11.7 Å². The van der Waals surface area contributed by atoms with Crippen LogP contribution in [0.3, 0.4) is 0 Å². The number of rotatable bonds is 8. The summed E-state index contributed by atoms with van der Waals surface area (Å²) in [7, 11) is 6.21. The Labute approximate surface area is 158 Å². The van der Waals surface area contributed by atoms with Crippen LogP contribution in [-0.2, 0) is 0 Å². The van der Waals surface area contributed by atoms with Crippen molar-refractivity contribution in [1.82, 2.24) is 0 Å². The van der Waals surface area contributed by atoms with Crippen LogP contribution in [0.5, 0.6) is 23.0 Å². The smallest absolute Gasteiger partial charge is 0.193 e. The third kappa shape index (κ3) is 5.18. The molecule has 0 aromatic heterocycles. The summed E-state index contributed by atoms with van der Waals surface area (Å²) in [6, 6.07) is 10.5. The van der Waals surface area contributed by atoms with Gasteiger partial charge in [-0.1, -0.05) is 0 Å². The van der Waals surface area contributed by atoms with E-state index in [0.29, 0.717) is 34.2 Å². The number of aliphatic hydroxyl groups is 1. The van der Waals surface area contributed by atoms with Crippen molar-refractivity contribution in [2.75, 3.05) is 40.3 Å². The molecule has 0 bridgehead atoms. The first-order valence-corrected chi connectivity index (χ1v) is 8.21. The Hall–Kier alpha value is -3.13. The van der Waals surface area contributed by atoms with E-state index in [4.69, 9.17) is 24.7 Å². The highest BCUT2D eigenvalue weighted by Crippen LogP contribution is 2.30. The molecule has 146 valence electrons. The van der Waals surface area contributed by atoms with Crippen LogP contribution < -0.4 is 30.0 Å². The van der Waals surface area contributed by atoms with E-state index in [-0.39, 0.29) is 12.5 Å². The summed E-state index contributed by atoms with van der Waals surface area (Å²) < 4.78 is 20.9. The summed E-state index contributed by atoms with van der Waals surface area (Å²) >= 11 is 0. The second-order valence-corrected chi connectivity index (χ2v) is 5.54. The van der Waals surface area contributed by atoms with Crippen molar-refractivity contribution in [3.63, 3.8) is 0 Å². The highest BCUT2D eigenvalue weighted by molar-refractivity contribution is 5.92. The van der Waals surface area contributed by atoms with E-state index in [2.05, 4.69) is 10.3 Å². The van der Waals surface area contributed by atoms with Crippen molar-refractivity contribution in [3.8, 4) is 23.0 Å². The molecule has 2 rings (SSSR count). The number of methoxy groups -OCH3 is 4. The van der Waals surface area contributed by atoms with Gasteiger partial charge in [-0.05, 0) is 30.3 Å². The summed E-state index contributed by atoms with van der Waals surface area (Å²) in [6.07, 6.45) is -0.902. The number of nitrogens with one attached hydrogen (secondary N) is 1. The summed E-state index contributed by atoms with van der Waals surface area (Å²) in [4.78, 5) is 4.19. The Morgan fingerprint density at radius 3 is 2.26 bits per heavy atom. The second-order valence-electron chi connectivity index (χ2n) is 5.54. The number of benzene rings is 2. The van der Waals surface area contributed by atoms with Crippen molar-refractivity contribution in [1.29, 1.82) is 0 Å². The average Bonchev–Trinajstić information content (AvgIpc) is 2.71. The number of ether oxygens (including phenoxy) is 4. The zero-order valence-electron chi connectivity index (χ0n) is 15.9. The number of nitrogens with zero attached hydrogens (tertiary/aromatic N) is 1. The third-order valence-electron chi connectivity index (χ3n) is 3.89. The minimum Gasteiger partial charge on any atom is -0.497 e. The van der Waals surface area contributed by atoms with E-state index >= 15 is 0 Å². The molecule has 4 N–H and O–H groups in total. The number of hydrogen-bond acceptors (Lipinski definition) is 6. The highest BCUT2D eigenvalue weighted by atomic mass is 16.5. The van der Waals surface area contributed by atoms with Crippen molar-refractivity contribution in [2.24, 2.45) is 10.7 Å². The topological polar surface area (TPSA) is 108 Å². The van der Waals surface area contributed by atoms with E-state index < -0.39 is 6.10 Å². The van der Waals surface area contributed by atoms with Crippen molar-refractivity contribution >= 4 is 11.6 Å². The highest BCUT2D eigenvalue weighted by Gasteiger charge is 2.14. The van der Waals surface area contributed by atoms with E-state index in [1.54, 1.807) is 57.7 Å². The molecule has 27 heavy (non-hydrogen) atoms. The van der Waals surface area contributed by atoms with E-state index in [0.717, 1.165) is 0 Å². The Morgan fingerprint density at radius 1 is 0.963 bits per heavy atom. The molecule has 0 aliphatic heterocycles. The Kier molecular flexibility index (Phi) is 7.13. The number of aliphatic hydroxyl groups excluding tert-OH is 1. The standard InChI is InChI=1S/C19H25N3O5/c1-24-13-6-8-16(25-2)14(10-13)15(23)11-21-19(20)22-12-5-7-17(26-3)18(9-12)27-4/h5-10,15,23H,11H2,1-4H3,(H3,20,21,22). The Bertz CT molecular complexity index is 795. The first-order valence-electron chi connectivity index (χ1n) is 8.21.